The Morgan fingerprint density at radius 1 is 1.17 bits per heavy atom. The molecule has 23 heavy (non-hydrogen) atoms. The Bertz CT molecular complexity index is 910. The van der Waals surface area contributed by atoms with Crippen LogP contribution in [0.25, 0.3) is 11.0 Å². The van der Waals surface area contributed by atoms with Crippen LogP contribution >= 0.6 is 11.6 Å². The predicted octanol–water partition coefficient (Wildman–Crippen LogP) is 3.05. The SMILES string of the molecule is Clc1ccc(/C=N/NC2=NNc3nc4ccccc4n3C2)cc1. The fourth-order valence-corrected chi connectivity index (χ4v) is 2.54. The van der Waals surface area contributed by atoms with Gasteiger partial charge in [0.2, 0.25) is 5.95 Å². The minimum absolute atomic E-state index is 0.584. The molecule has 0 spiro atoms. The number of anilines is 1. The molecule has 0 saturated heterocycles. The number of hydrogen-bond acceptors (Lipinski definition) is 5. The third-order valence-corrected chi connectivity index (χ3v) is 3.78. The summed E-state index contributed by atoms with van der Waals surface area (Å²) < 4.78 is 2.06. The summed E-state index contributed by atoms with van der Waals surface area (Å²) in [4.78, 5) is 4.49. The van der Waals surface area contributed by atoms with Gasteiger partial charge in [-0.3, -0.25) is 5.43 Å². The highest BCUT2D eigenvalue weighted by Gasteiger charge is 2.16. The molecule has 7 heteroatoms. The number of para-hydroxylation sites is 2. The number of fused-ring (bicyclic) bond motifs is 3. The van der Waals surface area contributed by atoms with Gasteiger partial charge in [0.15, 0.2) is 5.84 Å². The summed E-state index contributed by atoms with van der Waals surface area (Å²) in [6, 6.07) is 15.4. The van der Waals surface area contributed by atoms with Gasteiger partial charge in [-0.25, -0.2) is 10.4 Å². The van der Waals surface area contributed by atoms with Crippen molar-refractivity contribution in [3.05, 3.63) is 59.1 Å². The number of nitrogens with zero attached hydrogens (tertiary/aromatic N) is 4. The van der Waals surface area contributed by atoms with Crippen molar-refractivity contribution in [1.29, 1.82) is 0 Å². The largest absolute Gasteiger partial charge is 0.301 e. The second-order valence-electron chi connectivity index (χ2n) is 5.10. The number of hydrazone groups is 2. The standard InChI is InChI=1S/C16H13ClN6/c17-12-7-5-11(6-8-12)9-18-20-15-10-23-14-4-2-1-3-13(14)19-16(23)22-21-15/h1-9H,10H2,(H,19,22)(H,20,21)/b18-9+. The van der Waals surface area contributed by atoms with E-state index < -0.39 is 0 Å². The molecule has 1 aliphatic rings. The first-order valence-corrected chi connectivity index (χ1v) is 7.50. The van der Waals surface area contributed by atoms with Crippen LogP contribution in [0.15, 0.2) is 58.7 Å². The number of hydrogen-bond donors (Lipinski definition) is 2. The molecule has 4 rings (SSSR count). The zero-order valence-electron chi connectivity index (χ0n) is 12.1. The van der Waals surface area contributed by atoms with E-state index in [9.17, 15) is 0 Å². The number of halogens is 1. The molecule has 0 unspecified atom stereocenters. The van der Waals surface area contributed by atoms with Crippen molar-refractivity contribution in [2.24, 2.45) is 10.2 Å². The van der Waals surface area contributed by atoms with Crippen LogP contribution in [-0.4, -0.2) is 21.6 Å². The van der Waals surface area contributed by atoms with Gasteiger partial charge in [0.05, 0.1) is 23.8 Å². The van der Waals surface area contributed by atoms with E-state index in [2.05, 4.69) is 30.6 Å². The van der Waals surface area contributed by atoms with Gasteiger partial charge in [0, 0.05) is 5.02 Å². The van der Waals surface area contributed by atoms with Gasteiger partial charge in [-0.05, 0) is 29.8 Å². The first-order valence-electron chi connectivity index (χ1n) is 7.12. The first kappa shape index (κ1) is 13.8. The molecular formula is C16H13ClN6. The number of aromatic nitrogens is 2. The third-order valence-electron chi connectivity index (χ3n) is 3.53. The number of nitrogens with one attached hydrogen (secondary N) is 2. The molecule has 0 bridgehead atoms. The number of benzene rings is 2. The van der Waals surface area contributed by atoms with E-state index in [4.69, 9.17) is 11.6 Å². The average Bonchev–Trinajstić information content (AvgIpc) is 2.95. The molecule has 114 valence electrons. The maximum Gasteiger partial charge on any atom is 0.225 e. The summed E-state index contributed by atoms with van der Waals surface area (Å²) in [5.74, 6) is 1.45. The molecule has 0 atom stereocenters. The van der Waals surface area contributed by atoms with E-state index in [1.54, 1.807) is 6.21 Å². The van der Waals surface area contributed by atoms with E-state index >= 15 is 0 Å². The van der Waals surface area contributed by atoms with Crippen LogP contribution < -0.4 is 10.9 Å². The molecular weight excluding hydrogens is 312 g/mol. The average molecular weight is 325 g/mol. The van der Waals surface area contributed by atoms with E-state index in [1.165, 1.54) is 0 Å². The summed E-state index contributed by atoms with van der Waals surface area (Å²) in [6.07, 6.45) is 1.72. The van der Waals surface area contributed by atoms with Crippen LogP contribution in [0.5, 0.6) is 0 Å². The van der Waals surface area contributed by atoms with Crippen molar-refractivity contribution >= 4 is 40.6 Å². The smallest absolute Gasteiger partial charge is 0.225 e. The van der Waals surface area contributed by atoms with Crippen LogP contribution in [0.4, 0.5) is 5.95 Å². The van der Waals surface area contributed by atoms with Crippen molar-refractivity contribution in [3.63, 3.8) is 0 Å². The van der Waals surface area contributed by atoms with Gasteiger partial charge in [0.1, 0.15) is 0 Å². The summed E-state index contributed by atoms with van der Waals surface area (Å²) in [6.45, 7) is 0.584. The van der Waals surface area contributed by atoms with Crippen LogP contribution in [0.1, 0.15) is 5.56 Å². The topological polar surface area (TPSA) is 66.6 Å². The quantitative estimate of drug-likeness (QED) is 0.562. The van der Waals surface area contributed by atoms with E-state index in [1.807, 2.05) is 48.5 Å². The van der Waals surface area contributed by atoms with E-state index in [0.29, 0.717) is 17.4 Å². The second-order valence-corrected chi connectivity index (χ2v) is 5.54. The highest BCUT2D eigenvalue weighted by Crippen LogP contribution is 2.21. The van der Waals surface area contributed by atoms with Crippen LogP contribution in [-0.2, 0) is 6.54 Å². The highest BCUT2D eigenvalue weighted by molar-refractivity contribution is 6.30. The fourth-order valence-electron chi connectivity index (χ4n) is 2.41. The lowest BCUT2D eigenvalue weighted by atomic mass is 10.2. The van der Waals surface area contributed by atoms with Gasteiger partial charge in [-0.2, -0.15) is 10.2 Å². The monoisotopic (exact) mass is 324 g/mol. The molecule has 6 nitrogen and oxygen atoms in total. The Hall–Kier alpha value is -2.86. The fraction of sp³-hybridized carbons (Fsp3) is 0.0625. The van der Waals surface area contributed by atoms with Crippen LogP contribution in [0.2, 0.25) is 5.02 Å². The van der Waals surface area contributed by atoms with E-state index in [-0.39, 0.29) is 0 Å². The maximum atomic E-state index is 5.86. The van der Waals surface area contributed by atoms with Crippen LogP contribution in [0.3, 0.4) is 0 Å². The highest BCUT2D eigenvalue weighted by atomic mass is 35.5. The van der Waals surface area contributed by atoms with Gasteiger partial charge in [-0.1, -0.05) is 35.9 Å². The Morgan fingerprint density at radius 2 is 2.00 bits per heavy atom. The molecule has 1 aromatic heterocycles. The van der Waals surface area contributed by atoms with Crippen molar-refractivity contribution in [2.45, 2.75) is 6.54 Å². The Kier molecular flexibility index (Phi) is 3.44. The maximum absolute atomic E-state index is 5.86. The van der Waals surface area contributed by atoms with Gasteiger partial charge >= 0.3 is 0 Å². The van der Waals surface area contributed by atoms with Crippen molar-refractivity contribution < 1.29 is 0 Å². The summed E-state index contributed by atoms with van der Waals surface area (Å²) in [5.41, 5.74) is 8.86. The van der Waals surface area contributed by atoms with E-state index in [0.717, 1.165) is 22.5 Å². The van der Waals surface area contributed by atoms with Crippen molar-refractivity contribution in [1.82, 2.24) is 15.0 Å². The van der Waals surface area contributed by atoms with Crippen LogP contribution in [0, 0.1) is 0 Å². The predicted molar refractivity (Wildman–Crippen MR) is 93.0 cm³/mol. The van der Waals surface area contributed by atoms with Gasteiger partial charge < -0.3 is 4.57 Å². The number of rotatable bonds is 2. The molecule has 0 aliphatic carbocycles. The molecule has 2 N–H and O–H groups in total. The lowest BCUT2D eigenvalue weighted by molar-refractivity contribution is 0.806. The van der Waals surface area contributed by atoms with Gasteiger partial charge in [-0.15, -0.1) is 0 Å². The molecule has 3 aromatic rings. The number of amidine groups is 1. The molecule has 0 amide bonds. The Balaban J connectivity index is 1.49. The van der Waals surface area contributed by atoms with Crippen molar-refractivity contribution in [3.8, 4) is 0 Å². The molecule has 0 saturated carbocycles. The Morgan fingerprint density at radius 3 is 2.87 bits per heavy atom. The zero-order valence-corrected chi connectivity index (χ0v) is 12.8. The van der Waals surface area contributed by atoms with Crippen molar-refractivity contribution in [2.75, 3.05) is 5.43 Å². The minimum Gasteiger partial charge on any atom is -0.301 e. The molecule has 2 heterocycles. The summed E-state index contributed by atoms with van der Waals surface area (Å²) >= 11 is 5.86. The molecule has 0 fully saturated rings. The Labute approximate surface area is 137 Å². The summed E-state index contributed by atoms with van der Waals surface area (Å²) in [7, 11) is 0. The van der Waals surface area contributed by atoms with Gasteiger partial charge in [0.25, 0.3) is 0 Å². The number of imidazole rings is 1. The molecule has 1 aliphatic heterocycles. The minimum atomic E-state index is 0.584. The second kappa shape index (κ2) is 5.73. The molecule has 2 aromatic carbocycles. The molecule has 0 radical (unpaired) electrons. The first-order chi connectivity index (χ1) is 11.3. The lowest BCUT2D eigenvalue weighted by Crippen LogP contribution is -2.29. The third kappa shape index (κ3) is 2.76. The summed E-state index contributed by atoms with van der Waals surface area (Å²) in [5, 5.41) is 9.16. The zero-order chi connectivity index (χ0) is 15.6. The normalized spacial score (nSPS) is 13.7. The lowest BCUT2D eigenvalue weighted by Gasteiger charge is -2.15.